The van der Waals surface area contributed by atoms with Gasteiger partial charge in [0.1, 0.15) is 11.6 Å². The van der Waals surface area contributed by atoms with E-state index in [1.807, 2.05) is 0 Å². The first kappa shape index (κ1) is 21.5. The second-order valence-corrected chi connectivity index (χ2v) is 6.93. The summed E-state index contributed by atoms with van der Waals surface area (Å²) in [6, 6.07) is 6.87. The molecule has 0 spiro atoms. The highest BCUT2D eigenvalue weighted by Crippen LogP contribution is 2.36. The molecule has 2 aromatic rings. The summed E-state index contributed by atoms with van der Waals surface area (Å²) in [5, 5.41) is 0. The quantitative estimate of drug-likeness (QED) is 0.587. The smallest absolute Gasteiger partial charge is 0.419 e. The molecule has 6 nitrogen and oxygen atoms in total. The molecule has 1 aromatic carbocycles. The van der Waals surface area contributed by atoms with Crippen LogP contribution in [0.3, 0.4) is 0 Å². The molecule has 3 rings (SSSR count). The average Bonchev–Trinajstić information content (AvgIpc) is 2.72. The molecular weight excluding hydrogens is 406 g/mol. The fraction of sp³-hybridized carbons (Fsp3) is 0.350. The van der Waals surface area contributed by atoms with E-state index < -0.39 is 41.5 Å². The summed E-state index contributed by atoms with van der Waals surface area (Å²) < 4.78 is 58.3. The van der Waals surface area contributed by atoms with Gasteiger partial charge in [0.05, 0.1) is 11.5 Å². The lowest BCUT2D eigenvalue weighted by Crippen LogP contribution is -2.41. The number of hydrogen-bond acceptors (Lipinski definition) is 5. The number of rotatable bonds is 5. The Morgan fingerprint density at radius 3 is 2.53 bits per heavy atom. The minimum Gasteiger partial charge on any atom is -0.447 e. The van der Waals surface area contributed by atoms with Crippen molar-refractivity contribution in [1.82, 2.24) is 4.98 Å². The number of primary amides is 1. The van der Waals surface area contributed by atoms with Crippen LogP contribution in [0.15, 0.2) is 42.6 Å². The fourth-order valence-corrected chi connectivity index (χ4v) is 3.37. The number of pyridine rings is 1. The number of anilines is 1. The van der Waals surface area contributed by atoms with E-state index in [4.69, 9.17) is 10.5 Å². The van der Waals surface area contributed by atoms with Gasteiger partial charge in [0, 0.05) is 24.8 Å². The molecule has 10 heteroatoms. The Morgan fingerprint density at radius 2 is 1.90 bits per heavy atom. The second-order valence-electron chi connectivity index (χ2n) is 6.93. The van der Waals surface area contributed by atoms with Crippen LogP contribution >= 0.6 is 0 Å². The van der Waals surface area contributed by atoms with Crippen LogP contribution in [0.25, 0.3) is 0 Å². The number of aromatic nitrogens is 1. The highest BCUT2D eigenvalue weighted by atomic mass is 19.4. The topological polar surface area (TPSA) is 85.5 Å². The van der Waals surface area contributed by atoms with E-state index in [1.54, 1.807) is 0 Å². The summed E-state index contributed by atoms with van der Waals surface area (Å²) in [6.07, 6.45) is -3.95. The summed E-state index contributed by atoms with van der Waals surface area (Å²) in [5.74, 6) is -3.27. The van der Waals surface area contributed by atoms with Crippen molar-refractivity contribution in [1.29, 1.82) is 0 Å². The standard InChI is InChI=1S/C20H19F4N3O3/c21-14-7-5-12(6-8-14)16(17(25)28)30-19(29)13-3-2-10-27(11-13)18-15(20(22,23)24)4-1-9-26-18/h1,4-9,13,16H,2-3,10-11H2,(H2,25,28). The molecule has 2 N–H and O–H groups in total. The van der Waals surface area contributed by atoms with Crippen molar-refractivity contribution in [2.75, 3.05) is 18.0 Å². The average molecular weight is 425 g/mol. The maximum Gasteiger partial charge on any atom is 0.419 e. The number of amides is 1. The van der Waals surface area contributed by atoms with Crippen molar-refractivity contribution in [3.8, 4) is 0 Å². The van der Waals surface area contributed by atoms with Gasteiger partial charge in [-0.1, -0.05) is 12.1 Å². The predicted octanol–water partition coefficient (Wildman–Crippen LogP) is 3.23. The van der Waals surface area contributed by atoms with Crippen molar-refractivity contribution in [2.45, 2.75) is 25.1 Å². The molecule has 1 saturated heterocycles. The number of benzene rings is 1. The zero-order valence-corrected chi connectivity index (χ0v) is 15.7. The number of hydrogen-bond donors (Lipinski definition) is 1. The van der Waals surface area contributed by atoms with E-state index >= 15 is 0 Å². The van der Waals surface area contributed by atoms with Crippen LogP contribution in [0, 0.1) is 11.7 Å². The van der Waals surface area contributed by atoms with Crippen LogP contribution in [0.5, 0.6) is 0 Å². The molecule has 1 aromatic heterocycles. The number of halogens is 4. The molecule has 160 valence electrons. The summed E-state index contributed by atoms with van der Waals surface area (Å²) in [7, 11) is 0. The van der Waals surface area contributed by atoms with Gasteiger partial charge < -0.3 is 15.4 Å². The first-order valence-corrected chi connectivity index (χ1v) is 9.19. The Balaban J connectivity index is 1.76. The van der Waals surface area contributed by atoms with Crippen LogP contribution < -0.4 is 10.6 Å². The summed E-state index contributed by atoms with van der Waals surface area (Å²) in [4.78, 5) is 29.6. The Bertz CT molecular complexity index is 918. The zero-order valence-electron chi connectivity index (χ0n) is 15.7. The molecule has 30 heavy (non-hydrogen) atoms. The lowest BCUT2D eigenvalue weighted by atomic mass is 9.97. The molecule has 2 heterocycles. The van der Waals surface area contributed by atoms with Crippen LogP contribution in [-0.2, 0) is 20.5 Å². The monoisotopic (exact) mass is 425 g/mol. The van der Waals surface area contributed by atoms with Crippen molar-refractivity contribution < 1.29 is 31.9 Å². The number of carbonyl (C=O) groups excluding carboxylic acids is 2. The summed E-state index contributed by atoms with van der Waals surface area (Å²) in [6.45, 7) is 0.245. The number of ether oxygens (including phenoxy) is 1. The van der Waals surface area contributed by atoms with Gasteiger partial charge in [0.2, 0.25) is 6.10 Å². The molecule has 1 aliphatic rings. The Kier molecular flexibility index (Phi) is 6.23. The van der Waals surface area contributed by atoms with Crippen molar-refractivity contribution in [3.63, 3.8) is 0 Å². The normalized spacial score (nSPS) is 18.0. The SMILES string of the molecule is NC(=O)C(OC(=O)C1CCCN(c2ncccc2C(F)(F)F)C1)c1ccc(F)cc1. The van der Waals surface area contributed by atoms with Crippen LogP contribution in [0.1, 0.15) is 30.1 Å². The number of carbonyl (C=O) groups is 2. The molecule has 0 aliphatic carbocycles. The molecule has 2 unspecified atom stereocenters. The first-order valence-electron chi connectivity index (χ1n) is 9.19. The number of alkyl halides is 3. The van der Waals surface area contributed by atoms with E-state index in [-0.39, 0.29) is 17.9 Å². The Morgan fingerprint density at radius 1 is 1.20 bits per heavy atom. The van der Waals surface area contributed by atoms with Gasteiger partial charge >= 0.3 is 12.1 Å². The van der Waals surface area contributed by atoms with Gasteiger partial charge in [-0.25, -0.2) is 9.37 Å². The van der Waals surface area contributed by atoms with Gasteiger partial charge in [-0.05, 0) is 37.1 Å². The molecule has 2 atom stereocenters. The number of piperidine rings is 1. The fourth-order valence-electron chi connectivity index (χ4n) is 3.37. The molecule has 1 fully saturated rings. The Labute approximate surface area is 169 Å². The molecule has 0 saturated carbocycles. The third-order valence-electron chi connectivity index (χ3n) is 4.81. The van der Waals surface area contributed by atoms with E-state index in [9.17, 15) is 27.2 Å². The lowest BCUT2D eigenvalue weighted by Gasteiger charge is -2.34. The van der Waals surface area contributed by atoms with Gasteiger partial charge in [-0.2, -0.15) is 13.2 Å². The summed E-state index contributed by atoms with van der Waals surface area (Å²) >= 11 is 0. The van der Waals surface area contributed by atoms with Crippen LogP contribution in [0.4, 0.5) is 23.4 Å². The van der Waals surface area contributed by atoms with Crippen molar-refractivity contribution >= 4 is 17.7 Å². The molecule has 1 amide bonds. The number of esters is 1. The highest BCUT2D eigenvalue weighted by molar-refractivity contribution is 5.84. The molecule has 0 bridgehead atoms. The lowest BCUT2D eigenvalue weighted by molar-refractivity contribution is -0.159. The maximum absolute atomic E-state index is 13.3. The van der Waals surface area contributed by atoms with E-state index in [0.29, 0.717) is 19.4 Å². The van der Waals surface area contributed by atoms with E-state index in [2.05, 4.69) is 4.98 Å². The summed E-state index contributed by atoms with van der Waals surface area (Å²) in [5.41, 5.74) is 4.63. The van der Waals surface area contributed by atoms with Gasteiger partial charge in [0.15, 0.2) is 0 Å². The van der Waals surface area contributed by atoms with Crippen LogP contribution in [0.2, 0.25) is 0 Å². The minimum absolute atomic E-state index is 0.0478. The highest BCUT2D eigenvalue weighted by Gasteiger charge is 2.38. The largest absolute Gasteiger partial charge is 0.447 e. The predicted molar refractivity (Wildman–Crippen MR) is 98.6 cm³/mol. The van der Waals surface area contributed by atoms with Gasteiger partial charge in [0.25, 0.3) is 5.91 Å². The van der Waals surface area contributed by atoms with E-state index in [0.717, 1.165) is 18.2 Å². The van der Waals surface area contributed by atoms with Gasteiger partial charge in [-0.3, -0.25) is 9.59 Å². The second kappa shape index (κ2) is 8.68. The maximum atomic E-state index is 13.3. The first-order chi connectivity index (χ1) is 14.2. The third kappa shape index (κ3) is 4.87. The number of nitrogens with zero attached hydrogens (tertiary/aromatic N) is 2. The Hall–Kier alpha value is -3.17. The van der Waals surface area contributed by atoms with E-state index in [1.165, 1.54) is 29.3 Å². The van der Waals surface area contributed by atoms with Gasteiger partial charge in [-0.15, -0.1) is 0 Å². The van der Waals surface area contributed by atoms with Crippen molar-refractivity contribution in [2.24, 2.45) is 11.7 Å². The minimum atomic E-state index is -4.59. The number of nitrogens with two attached hydrogens (primary N) is 1. The molecule has 0 radical (unpaired) electrons. The zero-order chi connectivity index (χ0) is 21.9. The van der Waals surface area contributed by atoms with Crippen LogP contribution in [-0.4, -0.2) is 29.9 Å². The molecular formula is C20H19F4N3O3. The third-order valence-corrected chi connectivity index (χ3v) is 4.81. The molecule has 1 aliphatic heterocycles. The van der Waals surface area contributed by atoms with Crippen molar-refractivity contribution in [3.05, 3.63) is 59.5 Å².